The van der Waals surface area contributed by atoms with Crippen LogP contribution in [0.1, 0.15) is 39.0 Å². The molecule has 10 unspecified atom stereocenters. The van der Waals surface area contributed by atoms with E-state index < -0.39 is 12.5 Å². The van der Waals surface area contributed by atoms with Crippen molar-refractivity contribution in [3.05, 3.63) is 0 Å². The highest BCUT2D eigenvalue weighted by Crippen LogP contribution is 2.39. The van der Waals surface area contributed by atoms with E-state index in [1.54, 1.807) is 18.9 Å². The van der Waals surface area contributed by atoms with Crippen LogP contribution in [0.2, 0.25) is 0 Å². The molecule has 0 radical (unpaired) electrons. The predicted molar refractivity (Wildman–Crippen MR) is 138 cm³/mol. The molecule has 5 aliphatic heterocycles. The monoisotopic (exact) mass is 544 g/mol. The van der Waals surface area contributed by atoms with Crippen LogP contribution < -0.4 is 26.6 Å². The molecule has 12 heteroatoms. The van der Waals surface area contributed by atoms with Gasteiger partial charge in [-0.05, 0) is 51.0 Å². The normalized spacial score (nSPS) is 42.6. The molecule has 210 valence electrons. The fraction of sp³-hybridized carbons (Fsp3) is 0.920. The van der Waals surface area contributed by atoms with Gasteiger partial charge < -0.3 is 30.9 Å². The minimum absolute atomic E-state index is 0.0356. The van der Waals surface area contributed by atoms with E-state index in [4.69, 9.17) is 4.74 Å². The molecule has 0 aromatic carbocycles. The third kappa shape index (κ3) is 6.09. The van der Waals surface area contributed by atoms with Crippen LogP contribution >= 0.6 is 11.8 Å². The van der Waals surface area contributed by atoms with Crippen molar-refractivity contribution in [3.63, 3.8) is 0 Å². The van der Waals surface area contributed by atoms with Gasteiger partial charge in [0.1, 0.15) is 5.50 Å². The number of fused-ring (bicyclic) bond motifs is 1. The fourth-order valence-corrected chi connectivity index (χ4v) is 8.41. The molecule has 37 heavy (non-hydrogen) atoms. The second kappa shape index (κ2) is 12.0. The lowest BCUT2D eigenvalue weighted by atomic mass is 9.69. The maximum absolute atomic E-state index is 13.6. The molecule has 9 nitrogen and oxygen atoms in total. The number of carbonyl (C=O) groups is 2. The molecule has 0 aromatic heterocycles. The van der Waals surface area contributed by atoms with Crippen LogP contribution in [-0.2, 0) is 14.3 Å². The molecule has 5 N–H and O–H groups in total. The zero-order valence-electron chi connectivity index (χ0n) is 21.8. The summed E-state index contributed by atoms with van der Waals surface area (Å²) >= 11 is 1.68. The first-order valence-corrected chi connectivity index (χ1v) is 14.8. The average Bonchev–Trinajstić information content (AvgIpc) is 3.47. The number of rotatable bonds is 6. The fourth-order valence-electron chi connectivity index (χ4n) is 7.00. The van der Waals surface area contributed by atoms with Gasteiger partial charge in [-0.3, -0.25) is 14.9 Å². The first-order valence-electron chi connectivity index (χ1n) is 13.9. The average molecular weight is 545 g/mol. The smallest absolute Gasteiger partial charge is 0.253 e. The number of carbonyl (C=O) groups excluding carboxylic acids is 2. The summed E-state index contributed by atoms with van der Waals surface area (Å²) in [5.41, 5.74) is -0.215. The molecule has 0 spiro atoms. The molecule has 5 aliphatic rings. The van der Waals surface area contributed by atoms with Gasteiger partial charge in [-0.1, -0.05) is 6.42 Å². The highest BCUT2D eigenvalue weighted by Gasteiger charge is 2.48. The third-order valence-electron chi connectivity index (χ3n) is 9.04. The summed E-state index contributed by atoms with van der Waals surface area (Å²) in [6, 6.07) is -0.572. The topological polar surface area (TPSA) is 107 Å². The summed E-state index contributed by atoms with van der Waals surface area (Å²) < 4.78 is 32.8. The molecule has 0 saturated carbocycles. The van der Waals surface area contributed by atoms with Crippen LogP contribution in [0.15, 0.2) is 0 Å². The lowest BCUT2D eigenvalue weighted by Gasteiger charge is -2.45. The maximum Gasteiger partial charge on any atom is 0.253 e. The molecular formula is C25H42F2N6O3S. The van der Waals surface area contributed by atoms with E-state index >= 15 is 0 Å². The molecule has 5 saturated heterocycles. The van der Waals surface area contributed by atoms with Crippen LogP contribution in [0.3, 0.4) is 0 Å². The van der Waals surface area contributed by atoms with E-state index in [1.165, 1.54) is 0 Å². The zero-order chi connectivity index (χ0) is 26.1. The van der Waals surface area contributed by atoms with Gasteiger partial charge in [-0.25, -0.2) is 8.78 Å². The molecule has 5 heterocycles. The molecular weight excluding hydrogens is 502 g/mol. The largest absolute Gasteiger partial charge is 0.380 e. The summed E-state index contributed by atoms with van der Waals surface area (Å²) in [5, 5.41) is 16.6. The van der Waals surface area contributed by atoms with Crippen molar-refractivity contribution in [1.82, 2.24) is 31.5 Å². The number of nitrogens with zero attached hydrogens (tertiary/aromatic N) is 1. The number of piperidine rings is 3. The Labute approximate surface area is 222 Å². The minimum Gasteiger partial charge on any atom is -0.380 e. The standard InChI is InChI=1S/C25H42F2N6O3S/c1-13-7-14(15-8-18(22(26)27)30-10-20(15)36-2)16(9-29-13)23(34)32-25-31-19-11-33(12-21(19)37-25)24(35)17-5-3-4-6-28-17/h13-22,25,28-31H,3-12H2,1-2H3,(H,32,34). The van der Waals surface area contributed by atoms with Crippen molar-refractivity contribution in [2.75, 3.05) is 39.8 Å². The number of hydrogen-bond donors (Lipinski definition) is 5. The molecule has 0 bridgehead atoms. The summed E-state index contributed by atoms with van der Waals surface area (Å²) in [7, 11) is 1.62. The van der Waals surface area contributed by atoms with Crippen molar-refractivity contribution in [2.45, 2.75) is 86.5 Å². The van der Waals surface area contributed by atoms with Crippen LogP contribution in [0, 0.1) is 17.8 Å². The zero-order valence-corrected chi connectivity index (χ0v) is 22.6. The lowest BCUT2D eigenvalue weighted by Crippen LogP contribution is -2.59. The van der Waals surface area contributed by atoms with Crippen molar-refractivity contribution in [3.8, 4) is 0 Å². The minimum atomic E-state index is -2.44. The van der Waals surface area contributed by atoms with Gasteiger partial charge in [0.25, 0.3) is 6.43 Å². The Hall–Kier alpha value is -1.05. The van der Waals surface area contributed by atoms with Crippen LogP contribution in [0.5, 0.6) is 0 Å². The number of thioether (sulfide) groups is 1. The van der Waals surface area contributed by atoms with Gasteiger partial charge in [0.15, 0.2) is 0 Å². The van der Waals surface area contributed by atoms with Gasteiger partial charge in [-0.15, -0.1) is 11.8 Å². The SMILES string of the molecule is COC1CNC(C(F)F)CC1C1CC(C)NCC1C(=O)NC1NC2CN(C(=O)C3CCCCN3)CC2S1. The molecule has 10 atom stereocenters. The van der Waals surface area contributed by atoms with E-state index in [0.29, 0.717) is 32.6 Å². The van der Waals surface area contributed by atoms with E-state index in [2.05, 4.69) is 33.5 Å². The number of amides is 2. The van der Waals surface area contributed by atoms with E-state index in [0.717, 1.165) is 32.2 Å². The first-order chi connectivity index (χ1) is 17.8. The Morgan fingerprint density at radius 1 is 1.08 bits per heavy atom. The van der Waals surface area contributed by atoms with Crippen LogP contribution in [0.25, 0.3) is 0 Å². The molecule has 5 rings (SSSR count). The summed E-state index contributed by atoms with van der Waals surface area (Å²) in [6.07, 6.45) is 1.54. The second-order valence-electron chi connectivity index (χ2n) is 11.4. The molecule has 5 fully saturated rings. The van der Waals surface area contributed by atoms with Crippen LogP contribution in [-0.4, -0.2) is 104 Å². The highest BCUT2D eigenvalue weighted by atomic mass is 32.2. The summed E-state index contributed by atoms with van der Waals surface area (Å²) in [4.78, 5) is 28.4. The Bertz CT molecular complexity index is 807. The number of nitrogens with one attached hydrogen (secondary N) is 5. The number of methoxy groups -OCH3 is 1. The highest BCUT2D eigenvalue weighted by molar-refractivity contribution is 8.00. The van der Waals surface area contributed by atoms with E-state index in [9.17, 15) is 18.4 Å². The second-order valence-corrected chi connectivity index (χ2v) is 12.8. The van der Waals surface area contributed by atoms with Crippen molar-refractivity contribution in [1.29, 1.82) is 0 Å². The number of ether oxygens (including phenoxy) is 1. The van der Waals surface area contributed by atoms with Crippen LogP contribution in [0.4, 0.5) is 8.78 Å². The van der Waals surface area contributed by atoms with Gasteiger partial charge in [-0.2, -0.15) is 0 Å². The van der Waals surface area contributed by atoms with Gasteiger partial charge in [0.2, 0.25) is 11.8 Å². The maximum atomic E-state index is 13.6. The molecule has 0 aliphatic carbocycles. The third-order valence-corrected chi connectivity index (χ3v) is 10.4. The van der Waals surface area contributed by atoms with Gasteiger partial charge in [0, 0.05) is 50.6 Å². The molecule has 2 amide bonds. The lowest BCUT2D eigenvalue weighted by molar-refractivity contribution is -0.133. The molecule has 0 aromatic rings. The van der Waals surface area contributed by atoms with Gasteiger partial charge in [0.05, 0.1) is 24.1 Å². The number of hydrogen-bond acceptors (Lipinski definition) is 8. The van der Waals surface area contributed by atoms with Crippen molar-refractivity contribution >= 4 is 23.6 Å². The summed E-state index contributed by atoms with van der Waals surface area (Å²) in [6.45, 7) is 5.23. The van der Waals surface area contributed by atoms with E-state index in [1.807, 2.05) is 4.90 Å². The Kier molecular flexibility index (Phi) is 8.92. The van der Waals surface area contributed by atoms with Crippen molar-refractivity contribution in [2.24, 2.45) is 17.8 Å². The Balaban J connectivity index is 1.18. The van der Waals surface area contributed by atoms with E-state index in [-0.39, 0.29) is 64.5 Å². The number of alkyl halides is 2. The Morgan fingerprint density at radius 3 is 2.62 bits per heavy atom. The summed E-state index contributed by atoms with van der Waals surface area (Å²) in [5.74, 6) is -0.308. The predicted octanol–water partition coefficient (Wildman–Crippen LogP) is 0.317. The quantitative estimate of drug-likeness (QED) is 0.326. The Morgan fingerprint density at radius 2 is 1.92 bits per heavy atom. The number of halogens is 2. The number of likely N-dealkylation sites (tertiary alicyclic amines) is 1. The van der Waals surface area contributed by atoms with Gasteiger partial charge >= 0.3 is 0 Å². The first kappa shape index (κ1) is 27.5. The van der Waals surface area contributed by atoms with Crippen molar-refractivity contribution < 1.29 is 23.1 Å².